The first-order chi connectivity index (χ1) is 12.1. The Balaban J connectivity index is 1.61. The van der Waals surface area contributed by atoms with Crippen LogP contribution in [0.3, 0.4) is 0 Å². The lowest BCUT2D eigenvalue weighted by molar-refractivity contribution is -0.115. The van der Waals surface area contributed by atoms with Crippen molar-refractivity contribution in [1.82, 2.24) is 4.98 Å². The molecule has 0 saturated heterocycles. The Morgan fingerprint density at radius 1 is 1.00 bits per heavy atom. The Kier molecular flexibility index (Phi) is 5.09. The molecule has 0 fully saturated rings. The van der Waals surface area contributed by atoms with Crippen molar-refractivity contribution in [3.63, 3.8) is 0 Å². The summed E-state index contributed by atoms with van der Waals surface area (Å²) in [6, 6.07) is 19.6. The molecule has 0 saturated carbocycles. The zero-order valence-electron chi connectivity index (χ0n) is 14.4. The van der Waals surface area contributed by atoms with E-state index in [9.17, 15) is 4.79 Å². The van der Waals surface area contributed by atoms with Gasteiger partial charge in [0.25, 0.3) is 0 Å². The highest BCUT2D eigenvalue weighted by Crippen LogP contribution is 2.21. The van der Waals surface area contributed by atoms with Crippen LogP contribution in [0, 0.1) is 13.8 Å². The number of aromatic nitrogens is 1. The molecule has 4 nitrogen and oxygen atoms in total. The number of hydrogen-bond acceptors (Lipinski definition) is 3. The molecule has 0 bridgehead atoms. The predicted octanol–water partition coefficient (Wildman–Crippen LogP) is 4.62. The second kappa shape index (κ2) is 7.62. The van der Waals surface area contributed by atoms with Crippen molar-refractivity contribution in [2.45, 2.75) is 20.3 Å². The lowest BCUT2D eigenvalue weighted by Gasteiger charge is -2.11. The molecule has 3 aromatic rings. The average molecular weight is 331 g/mol. The number of rotatable bonds is 5. The minimum Gasteiger partial charge on any atom is -0.354 e. The van der Waals surface area contributed by atoms with Crippen molar-refractivity contribution in [2.75, 3.05) is 10.6 Å². The minimum absolute atomic E-state index is 0.0752. The van der Waals surface area contributed by atoms with Crippen LogP contribution in [-0.2, 0) is 11.2 Å². The van der Waals surface area contributed by atoms with Gasteiger partial charge in [-0.3, -0.25) is 4.79 Å². The second-order valence-electron chi connectivity index (χ2n) is 6.09. The summed E-state index contributed by atoms with van der Waals surface area (Å²) in [6.07, 6.45) is 2.06. The molecule has 25 heavy (non-hydrogen) atoms. The highest BCUT2D eigenvalue weighted by molar-refractivity contribution is 5.91. The van der Waals surface area contributed by atoms with E-state index in [0.717, 1.165) is 16.9 Å². The Morgan fingerprint density at radius 3 is 2.48 bits per heavy atom. The Bertz CT molecular complexity index is 858. The molecule has 3 rings (SSSR count). The van der Waals surface area contributed by atoms with Crippen molar-refractivity contribution in [2.24, 2.45) is 0 Å². The summed E-state index contributed by atoms with van der Waals surface area (Å²) in [5.41, 5.74) is 5.33. The molecule has 0 radical (unpaired) electrons. The maximum Gasteiger partial charge on any atom is 0.229 e. The van der Waals surface area contributed by atoms with Crippen molar-refractivity contribution < 1.29 is 4.79 Å². The zero-order valence-corrected chi connectivity index (χ0v) is 14.4. The minimum atomic E-state index is -0.0752. The lowest BCUT2D eigenvalue weighted by Crippen LogP contribution is -2.15. The van der Waals surface area contributed by atoms with Crippen LogP contribution >= 0.6 is 0 Å². The number of carbonyl (C=O) groups excluding carboxylic acids is 1. The van der Waals surface area contributed by atoms with Gasteiger partial charge in [0.05, 0.1) is 18.3 Å². The number of benzene rings is 2. The summed E-state index contributed by atoms with van der Waals surface area (Å²) >= 11 is 0. The largest absolute Gasteiger partial charge is 0.354 e. The molecule has 2 aromatic carbocycles. The number of nitrogens with one attached hydrogen (secondary N) is 2. The first-order valence-corrected chi connectivity index (χ1v) is 8.24. The zero-order chi connectivity index (χ0) is 17.6. The molecule has 0 unspecified atom stereocenters. The van der Waals surface area contributed by atoms with E-state index in [0.29, 0.717) is 12.2 Å². The first-order valence-electron chi connectivity index (χ1n) is 8.24. The van der Waals surface area contributed by atoms with Gasteiger partial charge in [0.2, 0.25) is 5.91 Å². The third-order valence-corrected chi connectivity index (χ3v) is 3.90. The molecule has 0 aliphatic heterocycles. The molecular formula is C21H21N3O. The Labute approximate surface area is 147 Å². The van der Waals surface area contributed by atoms with E-state index >= 15 is 0 Å². The fraction of sp³-hybridized carbons (Fsp3) is 0.143. The molecule has 0 spiro atoms. The van der Waals surface area contributed by atoms with Crippen LogP contribution in [0.4, 0.5) is 17.2 Å². The predicted molar refractivity (Wildman–Crippen MR) is 102 cm³/mol. The third kappa shape index (κ3) is 4.67. The molecule has 4 heteroatoms. The Morgan fingerprint density at radius 2 is 1.80 bits per heavy atom. The van der Waals surface area contributed by atoms with Gasteiger partial charge in [-0.1, -0.05) is 48.0 Å². The number of nitrogens with zero attached hydrogens (tertiary/aromatic N) is 1. The van der Waals surface area contributed by atoms with Gasteiger partial charge in [-0.25, -0.2) is 4.98 Å². The van der Waals surface area contributed by atoms with Crippen LogP contribution in [0.15, 0.2) is 66.9 Å². The Hall–Kier alpha value is -3.14. The smallest absolute Gasteiger partial charge is 0.229 e. The van der Waals surface area contributed by atoms with E-state index < -0.39 is 0 Å². The molecule has 1 heterocycles. The van der Waals surface area contributed by atoms with E-state index in [4.69, 9.17) is 0 Å². The summed E-state index contributed by atoms with van der Waals surface area (Å²) in [6.45, 7) is 4.15. The molecule has 0 atom stereocenters. The normalized spacial score (nSPS) is 10.3. The molecule has 0 aliphatic carbocycles. The number of anilines is 3. The maximum atomic E-state index is 12.1. The van der Waals surface area contributed by atoms with E-state index in [1.807, 2.05) is 36.4 Å². The van der Waals surface area contributed by atoms with Gasteiger partial charge in [0.1, 0.15) is 5.82 Å². The number of pyridine rings is 1. The first kappa shape index (κ1) is 16.7. The van der Waals surface area contributed by atoms with E-state index in [1.54, 1.807) is 12.3 Å². The third-order valence-electron chi connectivity index (χ3n) is 3.90. The summed E-state index contributed by atoms with van der Waals surface area (Å²) in [5, 5.41) is 6.17. The molecular weight excluding hydrogens is 310 g/mol. The summed E-state index contributed by atoms with van der Waals surface area (Å²) < 4.78 is 0. The molecule has 0 aliphatic rings. The number of hydrogen-bond donors (Lipinski definition) is 2. The fourth-order valence-corrected chi connectivity index (χ4v) is 2.62. The SMILES string of the molecule is Cc1ccc(Nc2ccc(NC(=O)Cc3ccccc3)nc2)c(C)c1. The molecule has 2 N–H and O–H groups in total. The van der Waals surface area contributed by atoms with Crippen LogP contribution in [0.5, 0.6) is 0 Å². The molecule has 1 aromatic heterocycles. The summed E-state index contributed by atoms with van der Waals surface area (Å²) in [7, 11) is 0. The monoisotopic (exact) mass is 331 g/mol. The van der Waals surface area contributed by atoms with Gasteiger partial charge in [-0.2, -0.15) is 0 Å². The van der Waals surface area contributed by atoms with Crippen molar-refractivity contribution in [3.05, 3.63) is 83.6 Å². The van der Waals surface area contributed by atoms with Crippen molar-refractivity contribution in [3.8, 4) is 0 Å². The van der Waals surface area contributed by atoms with Crippen molar-refractivity contribution >= 4 is 23.1 Å². The highest BCUT2D eigenvalue weighted by Gasteiger charge is 2.05. The fourth-order valence-electron chi connectivity index (χ4n) is 2.62. The van der Waals surface area contributed by atoms with Gasteiger partial charge in [-0.15, -0.1) is 0 Å². The van der Waals surface area contributed by atoms with E-state index in [2.05, 4.69) is 47.7 Å². The van der Waals surface area contributed by atoms with Gasteiger partial charge in [-0.05, 0) is 43.2 Å². The topological polar surface area (TPSA) is 54.0 Å². The van der Waals surface area contributed by atoms with Gasteiger partial charge in [0.15, 0.2) is 0 Å². The van der Waals surface area contributed by atoms with Crippen LogP contribution in [0.2, 0.25) is 0 Å². The summed E-state index contributed by atoms with van der Waals surface area (Å²) in [4.78, 5) is 16.4. The number of carbonyl (C=O) groups is 1. The van der Waals surface area contributed by atoms with Gasteiger partial charge < -0.3 is 10.6 Å². The van der Waals surface area contributed by atoms with Crippen LogP contribution in [0.1, 0.15) is 16.7 Å². The van der Waals surface area contributed by atoms with Gasteiger partial charge >= 0.3 is 0 Å². The number of aryl methyl sites for hydroxylation is 2. The van der Waals surface area contributed by atoms with Crippen molar-refractivity contribution in [1.29, 1.82) is 0 Å². The van der Waals surface area contributed by atoms with Crippen LogP contribution < -0.4 is 10.6 Å². The average Bonchev–Trinajstić information content (AvgIpc) is 2.60. The lowest BCUT2D eigenvalue weighted by atomic mass is 10.1. The number of amides is 1. The maximum absolute atomic E-state index is 12.1. The van der Waals surface area contributed by atoms with E-state index in [1.165, 1.54) is 11.1 Å². The van der Waals surface area contributed by atoms with Crippen LogP contribution in [-0.4, -0.2) is 10.9 Å². The highest BCUT2D eigenvalue weighted by atomic mass is 16.1. The summed E-state index contributed by atoms with van der Waals surface area (Å²) in [5.74, 6) is 0.473. The molecule has 1 amide bonds. The quantitative estimate of drug-likeness (QED) is 0.717. The molecule has 126 valence electrons. The van der Waals surface area contributed by atoms with E-state index in [-0.39, 0.29) is 5.91 Å². The standard InChI is InChI=1S/C21H21N3O/c1-15-8-10-19(16(2)12-15)23-18-9-11-20(22-14-18)24-21(25)13-17-6-4-3-5-7-17/h3-12,14,23H,13H2,1-2H3,(H,22,24,25). The van der Waals surface area contributed by atoms with Gasteiger partial charge in [0, 0.05) is 5.69 Å². The van der Waals surface area contributed by atoms with Crippen LogP contribution in [0.25, 0.3) is 0 Å². The second-order valence-corrected chi connectivity index (χ2v) is 6.09.